The van der Waals surface area contributed by atoms with Crippen molar-refractivity contribution in [1.82, 2.24) is 9.55 Å². The fourth-order valence-electron chi connectivity index (χ4n) is 2.92. The summed E-state index contributed by atoms with van der Waals surface area (Å²) in [5.74, 6) is -1.38. The summed E-state index contributed by atoms with van der Waals surface area (Å²) in [6.45, 7) is 5.17. The molecule has 0 amide bonds. The second-order valence-electron chi connectivity index (χ2n) is 5.69. The van der Waals surface area contributed by atoms with Crippen molar-refractivity contribution < 1.29 is 18.7 Å². The Balaban J connectivity index is 1.97. The van der Waals surface area contributed by atoms with Crippen LogP contribution in [0.15, 0.2) is 33.5 Å². The van der Waals surface area contributed by atoms with Crippen molar-refractivity contribution >= 4 is 22.9 Å². The van der Waals surface area contributed by atoms with Gasteiger partial charge in [0, 0.05) is 5.69 Å². The van der Waals surface area contributed by atoms with Gasteiger partial charge in [-0.05, 0) is 38.5 Å². The minimum absolute atomic E-state index is 0.182. The molecule has 0 saturated carbocycles. The first-order chi connectivity index (χ1) is 11.9. The number of aromatic nitrogens is 2. The number of carbonyl (C=O) groups is 2. The summed E-state index contributed by atoms with van der Waals surface area (Å²) in [6.07, 6.45) is 0. The molecular formula is C18H18N2O5. The van der Waals surface area contributed by atoms with Crippen LogP contribution < -0.4 is 5.76 Å². The lowest BCUT2D eigenvalue weighted by atomic mass is 10.1. The van der Waals surface area contributed by atoms with Gasteiger partial charge in [0.25, 0.3) is 0 Å². The van der Waals surface area contributed by atoms with Crippen LogP contribution in [0.1, 0.15) is 39.0 Å². The Hall–Kier alpha value is -3.09. The predicted molar refractivity (Wildman–Crippen MR) is 91.0 cm³/mol. The average Bonchev–Trinajstić information content (AvgIpc) is 3.04. The van der Waals surface area contributed by atoms with E-state index in [1.807, 2.05) is 0 Å². The average molecular weight is 342 g/mol. The lowest BCUT2D eigenvalue weighted by Gasteiger charge is -2.03. The van der Waals surface area contributed by atoms with Gasteiger partial charge in [-0.2, -0.15) is 0 Å². The van der Waals surface area contributed by atoms with Gasteiger partial charge in [0.2, 0.25) is 0 Å². The van der Waals surface area contributed by atoms with E-state index in [1.54, 1.807) is 45.0 Å². The molecule has 1 aromatic carbocycles. The number of ketones is 1. The molecule has 25 heavy (non-hydrogen) atoms. The van der Waals surface area contributed by atoms with E-state index in [0.717, 1.165) is 0 Å². The van der Waals surface area contributed by atoms with Crippen molar-refractivity contribution in [3.8, 4) is 0 Å². The SMILES string of the molecule is CCOC(=O)c1c(C)[nH]c(C(=O)Cn2c(=O)oc3ccccc32)c1C. The molecule has 7 heteroatoms. The minimum atomic E-state index is -0.596. The minimum Gasteiger partial charge on any atom is -0.462 e. The molecule has 2 heterocycles. The molecule has 1 N–H and O–H groups in total. The maximum absolute atomic E-state index is 12.7. The van der Waals surface area contributed by atoms with Crippen LogP contribution >= 0.6 is 0 Å². The van der Waals surface area contributed by atoms with E-state index < -0.39 is 11.7 Å². The summed E-state index contributed by atoms with van der Waals surface area (Å²) in [7, 11) is 0. The number of para-hydroxylation sites is 2. The van der Waals surface area contributed by atoms with Crippen LogP contribution in [-0.4, -0.2) is 27.9 Å². The molecular weight excluding hydrogens is 324 g/mol. The number of H-pyrrole nitrogens is 1. The highest BCUT2D eigenvalue weighted by Gasteiger charge is 2.24. The van der Waals surface area contributed by atoms with Gasteiger partial charge in [0.15, 0.2) is 11.4 Å². The van der Waals surface area contributed by atoms with Crippen molar-refractivity contribution in [2.24, 2.45) is 0 Å². The third-order valence-corrected chi connectivity index (χ3v) is 4.07. The molecule has 0 aliphatic carbocycles. The molecule has 3 aromatic rings. The highest BCUT2D eigenvalue weighted by atomic mass is 16.5. The third kappa shape index (κ3) is 2.88. The quantitative estimate of drug-likeness (QED) is 0.568. The van der Waals surface area contributed by atoms with Crippen molar-refractivity contribution in [1.29, 1.82) is 0 Å². The lowest BCUT2D eigenvalue weighted by Crippen LogP contribution is -2.21. The van der Waals surface area contributed by atoms with Crippen LogP contribution in [0.3, 0.4) is 0 Å². The van der Waals surface area contributed by atoms with Crippen LogP contribution in [0.4, 0.5) is 0 Å². The lowest BCUT2D eigenvalue weighted by molar-refractivity contribution is 0.0525. The Labute approximate surface area is 143 Å². The van der Waals surface area contributed by atoms with Crippen LogP contribution in [0, 0.1) is 13.8 Å². The number of carbonyl (C=O) groups excluding carboxylic acids is 2. The number of aryl methyl sites for hydroxylation is 1. The number of benzene rings is 1. The van der Waals surface area contributed by atoms with Crippen molar-refractivity contribution in [3.63, 3.8) is 0 Å². The van der Waals surface area contributed by atoms with Crippen LogP contribution in [0.2, 0.25) is 0 Å². The van der Waals surface area contributed by atoms with E-state index in [1.165, 1.54) is 4.57 Å². The fraction of sp³-hybridized carbons (Fsp3) is 0.278. The maximum Gasteiger partial charge on any atom is 0.420 e. The van der Waals surface area contributed by atoms with E-state index in [9.17, 15) is 14.4 Å². The Morgan fingerprint density at radius 3 is 2.68 bits per heavy atom. The van der Waals surface area contributed by atoms with Gasteiger partial charge in [-0.1, -0.05) is 12.1 Å². The second-order valence-corrected chi connectivity index (χ2v) is 5.69. The van der Waals surface area contributed by atoms with E-state index in [-0.39, 0.29) is 24.6 Å². The predicted octanol–water partition coefficient (Wildman–Crippen LogP) is 2.60. The Morgan fingerprint density at radius 2 is 1.96 bits per heavy atom. The first-order valence-corrected chi connectivity index (χ1v) is 7.91. The summed E-state index contributed by atoms with van der Waals surface area (Å²) < 4.78 is 11.4. The van der Waals surface area contributed by atoms with Gasteiger partial charge in [0.05, 0.1) is 29.9 Å². The topological polar surface area (TPSA) is 94.3 Å². The van der Waals surface area contributed by atoms with Gasteiger partial charge < -0.3 is 14.1 Å². The number of hydrogen-bond acceptors (Lipinski definition) is 5. The van der Waals surface area contributed by atoms with Crippen LogP contribution in [-0.2, 0) is 11.3 Å². The third-order valence-electron chi connectivity index (χ3n) is 4.07. The van der Waals surface area contributed by atoms with Crippen LogP contribution in [0.25, 0.3) is 11.1 Å². The zero-order chi connectivity index (χ0) is 18.1. The molecule has 0 spiro atoms. The van der Waals surface area contributed by atoms with Gasteiger partial charge >= 0.3 is 11.7 Å². The normalized spacial score (nSPS) is 11.0. The summed E-state index contributed by atoms with van der Waals surface area (Å²) in [5.41, 5.74) is 2.69. The summed E-state index contributed by atoms with van der Waals surface area (Å²) in [6, 6.07) is 6.90. The van der Waals surface area contributed by atoms with Gasteiger partial charge in [-0.3, -0.25) is 9.36 Å². The molecule has 0 aliphatic rings. The van der Waals surface area contributed by atoms with Crippen LogP contribution in [0.5, 0.6) is 0 Å². The molecule has 0 radical (unpaired) electrons. The molecule has 2 aromatic heterocycles. The standard InChI is InChI=1S/C18H18N2O5/c1-4-24-17(22)15-10(2)16(19-11(15)3)13(21)9-20-12-7-5-6-8-14(12)25-18(20)23/h5-8,19H,4,9H2,1-3H3. The zero-order valence-corrected chi connectivity index (χ0v) is 14.2. The fourth-order valence-corrected chi connectivity index (χ4v) is 2.92. The number of oxazole rings is 1. The maximum atomic E-state index is 12.7. The number of hydrogen-bond donors (Lipinski definition) is 1. The Bertz CT molecular complexity index is 1020. The summed E-state index contributed by atoms with van der Waals surface area (Å²) in [5, 5.41) is 0. The largest absolute Gasteiger partial charge is 0.462 e. The number of fused-ring (bicyclic) bond motifs is 1. The molecule has 3 rings (SSSR count). The van der Waals surface area contributed by atoms with E-state index in [4.69, 9.17) is 9.15 Å². The molecule has 0 aliphatic heterocycles. The molecule has 0 fully saturated rings. The molecule has 130 valence electrons. The molecule has 0 unspecified atom stereocenters. The Kier molecular flexibility index (Phi) is 4.31. The number of ether oxygens (including phenoxy) is 1. The molecule has 0 saturated heterocycles. The van der Waals surface area contributed by atoms with Gasteiger partial charge in [-0.25, -0.2) is 9.59 Å². The zero-order valence-electron chi connectivity index (χ0n) is 14.2. The molecule has 0 atom stereocenters. The summed E-state index contributed by atoms with van der Waals surface area (Å²) in [4.78, 5) is 39.7. The number of rotatable bonds is 5. The van der Waals surface area contributed by atoms with Gasteiger partial charge in [-0.15, -0.1) is 0 Å². The number of nitrogens with zero attached hydrogens (tertiary/aromatic N) is 1. The monoisotopic (exact) mass is 342 g/mol. The van der Waals surface area contributed by atoms with Crippen molar-refractivity contribution in [2.45, 2.75) is 27.3 Å². The second kappa shape index (κ2) is 6.43. The van der Waals surface area contributed by atoms with E-state index in [2.05, 4.69) is 4.98 Å². The molecule has 0 bridgehead atoms. The first kappa shape index (κ1) is 16.8. The summed E-state index contributed by atoms with van der Waals surface area (Å²) >= 11 is 0. The van der Waals surface area contributed by atoms with E-state index >= 15 is 0 Å². The Morgan fingerprint density at radius 1 is 1.24 bits per heavy atom. The number of aromatic amines is 1. The first-order valence-electron chi connectivity index (χ1n) is 7.91. The number of Topliss-reactive ketones (excluding diaryl/α,β-unsaturated/α-hetero) is 1. The number of nitrogens with one attached hydrogen (secondary N) is 1. The van der Waals surface area contributed by atoms with Crippen molar-refractivity contribution in [2.75, 3.05) is 6.61 Å². The van der Waals surface area contributed by atoms with E-state index in [0.29, 0.717) is 27.9 Å². The number of esters is 1. The highest BCUT2D eigenvalue weighted by molar-refractivity contribution is 6.01. The van der Waals surface area contributed by atoms with Crippen molar-refractivity contribution in [3.05, 3.63) is 57.3 Å². The molecule has 7 nitrogen and oxygen atoms in total. The van der Waals surface area contributed by atoms with Gasteiger partial charge in [0.1, 0.15) is 0 Å². The highest BCUT2D eigenvalue weighted by Crippen LogP contribution is 2.20. The smallest absolute Gasteiger partial charge is 0.420 e.